The lowest BCUT2D eigenvalue weighted by molar-refractivity contribution is -0.0844. The number of piperidine rings is 1. The fraction of sp³-hybridized carbons (Fsp3) is 1.00. The van der Waals surface area contributed by atoms with Gasteiger partial charge in [-0.15, -0.1) is 0 Å². The molecule has 0 aromatic rings. The molecule has 1 heterocycles. The first-order valence-corrected chi connectivity index (χ1v) is 6.47. The van der Waals surface area contributed by atoms with Crippen LogP contribution in [0.5, 0.6) is 0 Å². The zero-order chi connectivity index (χ0) is 12.2. The van der Waals surface area contributed by atoms with Crippen LogP contribution in [0.25, 0.3) is 0 Å². The number of hydrogen-bond donors (Lipinski definition) is 0. The molecule has 2 atom stereocenters. The first kappa shape index (κ1) is 13.9. The average Bonchev–Trinajstić information content (AvgIpc) is 2.27. The van der Waals surface area contributed by atoms with Gasteiger partial charge in [-0.25, -0.2) is 0 Å². The summed E-state index contributed by atoms with van der Waals surface area (Å²) in [5, 5.41) is 0. The SMILES string of the molecule is CCC(C)N1CCCC(CN(C)C)(OC)C1. The quantitative estimate of drug-likeness (QED) is 0.714. The lowest BCUT2D eigenvalue weighted by Gasteiger charge is -2.45. The third-order valence-corrected chi connectivity index (χ3v) is 3.82. The van der Waals surface area contributed by atoms with Gasteiger partial charge >= 0.3 is 0 Å². The molecule has 0 N–H and O–H groups in total. The van der Waals surface area contributed by atoms with Gasteiger partial charge in [0.25, 0.3) is 0 Å². The Hall–Kier alpha value is -0.120. The maximum Gasteiger partial charge on any atom is 0.0931 e. The molecule has 0 amide bonds. The first-order valence-electron chi connectivity index (χ1n) is 6.47. The summed E-state index contributed by atoms with van der Waals surface area (Å²) in [6.07, 6.45) is 3.67. The smallest absolute Gasteiger partial charge is 0.0931 e. The maximum absolute atomic E-state index is 5.83. The minimum Gasteiger partial charge on any atom is -0.376 e. The minimum atomic E-state index is 0.0468. The summed E-state index contributed by atoms with van der Waals surface area (Å²) in [4.78, 5) is 4.82. The van der Waals surface area contributed by atoms with E-state index in [0.717, 1.165) is 13.1 Å². The van der Waals surface area contributed by atoms with Crippen molar-refractivity contribution in [1.29, 1.82) is 0 Å². The highest BCUT2D eigenvalue weighted by molar-refractivity contribution is 4.91. The highest BCUT2D eigenvalue weighted by atomic mass is 16.5. The van der Waals surface area contributed by atoms with Gasteiger partial charge in [-0.3, -0.25) is 4.90 Å². The van der Waals surface area contributed by atoms with Crippen molar-refractivity contribution >= 4 is 0 Å². The highest BCUT2D eigenvalue weighted by Crippen LogP contribution is 2.27. The molecule has 3 nitrogen and oxygen atoms in total. The van der Waals surface area contributed by atoms with Crippen LogP contribution in [0, 0.1) is 0 Å². The van der Waals surface area contributed by atoms with E-state index in [-0.39, 0.29) is 5.60 Å². The van der Waals surface area contributed by atoms with Gasteiger partial charge < -0.3 is 9.64 Å². The van der Waals surface area contributed by atoms with Crippen molar-refractivity contribution in [2.75, 3.05) is 40.8 Å². The zero-order valence-electron chi connectivity index (χ0n) is 11.6. The Morgan fingerprint density at radius 3 is 2.62 bits per heavy atom. The van der Waals surface area contributed by atoms with E-state index in [1.807, 2.05) is 7.11 Å². The molecule has 2 unspecified atom stereocenters. The van der Waals surface area contributed by atoms with E-state index >= 15 is 0 Å². The maximum atomic E-state index is 5.83. The third kappa shape index (κ3) is 3.44. The number of likely N-dealkylation sites (N-methyl/N-ethyl adjacent to an activating group) is 1. The van der Waals surface area contributed by atoms with Gasteiger partial charge in [-0.05, 0) is 46.8 Å². The molecule has 0 aliphatic carbocycles. The van der Waals surface area contributed by atoms with Gasteiger partial charge in [0, 0.05) is 26.2 Å². The lowest BCUT2D eigenvalue weighted by Crippen LogP contribution is -2.56. The van der Waals surface area contributed by atoms with Crippen LogP contribution in [0.4, 0.5) is 0 Å². The van der Waals surface area contributed by atoms with Crippen LogP contribution >= 0.6 is 0 Å². The van der Waals surface area contributed by atoms with E-state index in [2.05, 4.69) is 37.7 Å². The Bertz CT molecular complexity index is 208. The molecule has 0 spiro atoms. The Labute approximate surface area is 101 Å². The van der Waals surface area contributed by atoms with Crippen molar-refractivity contribution in [3.8, 4) is 0 Å². The van der Waals surface area contributed by atoms with E-state index in [1.165, 1.54) is 25.8 Å². The second-order valence-corrected chi connectivity index (χ2v) is 5.46. The Kier molecular flexibility index (Phi) is 5.22. The monoisotopic (exact) mass is 228 g/mol. The summed E-state index contributed by atoms with van der Waals surface area (Å²) < 4.78 is 5.83. The molecule has 16 heavy (non-hydrogen) atoms. The van der Waals surface area contributed by atoms with E-state index in [4.69, 9.17) is 4.74 Å². The van der Waals surface area contributed by atoms with Gasteiger partial charge in [0.05, 0.1) is 5.60 Å². The molecule has 0 aromatic carbocycles. The van der Waals surface area contributed by atoms with Crippen LogP contribution in [-0.4, -0.2) is 62.3 Å². The largest absolute Gasteiger partial charge is 0.376 e. The van der Waals surface area contributed by atoms with Crippen LogP contribution in [0.1, 0.15) is 33.1 Å². The van der Waals surface area contributed by atoms with Crippen LogP contribution in [0.3, 0.4) is 0 Å². The second kappa shape index (κ2) is 5.99. The summed E-state index contributed by atoms with van der Waals surface area (Å²) in [6, 6.07) is 0.678. The minimum absolute atomic E-state index is 0.0468. The van der Waals surface area contributed by atoms with E-state index < -0.39 is 0 Å². The van der Waals surface area contributed by atoms with E-state index in [9.17, 15) is 0 Å². The highest BCUT2D eigenvalue weighted by Gasteiger charge is 2.36. The molecule has 1 aliphatic rings. The molecule has 0 bridgehead atoms. The van der Waals surface area contributed by atoms with Crippen molar-refractivity contribution in [3.05, 3.63) is 0 Å². The number of likely N-dealkylation sites (tertiary alicyclic amines) is 1. The second-order valence-electron chi connectivity index (χ2n) is 5.46. The first-order chi connectivity index (χ1) is 7.53. The standard InChI is InChI=1S/C13H28N2O/c1-6-12(2)15-9-7-8-13(11-15,16-5)10-14(3)4/h12H,6-11H2,1-5H3. The van der Waals surface area contributed by atoms with Crippen LogP contribution in [0.15, 0.2) is 0 Å². The Morgan fingerprint density at radius 1 is 1.44 bits per heavy atom. The van der Waals surface area contributed by atoms with E-state index in [1.54, 1.807) is 0 Å². The summed E-state index contributed by atoms with van der Waals surface area (Å²) in [7, 11) is 6.12. The van der Waals surface area contributed by atoms with Crippen molar-refractivity contribution in [2.45, 2.75) is 44.8 Å². The molecule has 1 fully saturated rings. The van der Waals surface area contributed by atoms with Gasteiger partial charge in [-0.2, -0.15) is 0 Å². The fourth-order valence-electron chi connectivity index (χ4n) is 2.70. The molecule has 1 saturated heterocycles. The predicted octanol–water partition coefficient (Wildman–Crippen LogP) is 1.83. The summed E-state index contributed by atoms with van der Waals surface area (Å²) in [5.74, 6) is 0. The zero-order valence-corrected chi connectivity index (χ0v) is 11.6. The molecular formula is C13H28N2O. The predicted molar refractivity (Wildman–Crippen MR) is 68.9 cm³/mol. The van der Waals surface area contributed by atoms with Crippen molar-refractivity contribution in [2.24, 2.45) is 0 Å². The van der Waals surface area contributed by atoms with Crippen molar-refractivity contribution in [3.63, 3.8) is 0 Å². The summed E-state index contributed by atoms with van der Waals surface area (Å²) >= 11 is 0. The van der Waals surface area contributed by atoms with Gasteiger partial charge in [0.2, 0.25) is 0 Å². The Morgan fingerprint density at radius 2 is 2.12 bits per heavy atom. The number of hydrogen-bond acceptors (Lipinski definition) is 3. The molecule has 0 aromatic heterocycles. The fourth-order valence-corrected chi connectivity index (χ4v) is 2.70. The van der Waals surface area contributed by atoms with Crippen LogP contribution in [0.2, 0.25) is 0 Å². The van der Waals surface area contributed by atoms with Gasteiger partial charge in [0.15, 0.2) is 0 Å². The van der Waals surface area contributed by atoms with Crippen LogP contribution in [-0.2, 0) is 4.74 Å². The molecule has 96 valence electrons. The molecule has 0 radical (unpaired) electrons. The number of nitrogens with zero attached hydrogens (tertiary/aromatic N) is 2. The third-order valence-electron chi connectivity index (χ3n) is 3.82. The number of ether oxygens (including phenoxy) is 1. The number of methoxy groups -OCH3 is 1. The van der Waals surface area contributed by atoms with Gasteiger partial charge in [-0.1, -0.05) is 6.92 Å². The van der Waals surface area contributed by atoms with Crippen LogP contribution < -0.4 is 0 Å². The van der Waals surface area contributed by atoms with Gasteiger partial charge in [0.1, 0.15) is 0 Å². The summed E-state index contributed by atoms with van der Waals surface area (Å²) in [5.41, 5.74) is 0.0468. The molecule has 0 saturated carbocycles. The normalized spacial score (nSPS) is 29.6. The van der Waals surface area contributed by atoms with Crippen molar-refractivity contribution in [1.82, 2.24) is 9.80 Å². The molecular weight excluding hydrogens is 200 g/mol. The Balaban J connectivity index is 2.64. The lowest BCUT2D eigenvalue weighted by atomic mass is 9.91. The molecule has 3 heteroatoms. The average molecular weight is 228 g/mol. The number of rotatable bonds is 5. The van der Waals surface area contributed by atoms with Crippen molar-refractivity contribution < 1.29 is 4.74 Å². The molecule has 1 aliphatic heterocycles. The summed E-state index contributed by atoms with van der Waals surface area (Å²) in [6.45, 7) is 7.92. The topological polar surface area (TPSA) is 15.7 Å². The molecule has 1 rings (SSSR count). The van der Waals surface area contributed by atoms with E-state index in [0.29, 0.717) is 6.04 Å².